The first-order valence-corrected chi connectivity index (χ1v) is 10.2. The number of nitrogens with zero attached hydrogens (tertiary/aromatic N) is 1. The molecule has 0 saturated heterocycles. The van der Waals surface area contributed by atoms with Crippen molar-refractivity contribution >= 4 is 34.4 Å². The number of esters is 1. The van der Waals surface area contributed by atoms with Gasteiger partial charge in [-0.3, -0.25) is 4.79 Å². The minimum Gasteiger partial charge on any atom is -0.497 e. The molecule has 0 aliphatic heterocycles. The van der Waals surface area contributed by atoms with E-state index in [2.05, 4.69) is 11.4 Å². The highest BCUT2D eigenvalue weighted by Gasteiger charge is 2.26. The van der Waals surface area contributed by atoms with Crippen molar-refractivity contribution in [2.45, 2.75) is 19.3 Å². The molecule has 0 saturated carbocycles. The maximum atomic E-state index is 13.0. The Hall–Kier alpha value is -3.67. The molecule has 6 heteroatoms. The largest absolute Gasteiger partial charge is 0.497 e. The minimum atomic E-state index is -0.496. The average molecular weight is 416 g/mol. The van der Waals surface area contributed by atoms with E-state index in [-0.39, 0.29) is 12.5 Å². The summed E-state index contributed by atoms with van der Waals surface area (Å²) in [6.45, 7) is -0.310. The Morgan fingerprint density at radius 2 is 1.87 bits per heavy atom. The highest BCUT2D eigenvalue weighted by atomic mass is 16.5. The number of pyridine rings is 1. The number of amides is 1. The Morgan fingerprint density at radius 3 is 2.61 bits per heavy atom. The minimum absolute atomic E-state index is 0.310. The third-order valence-corrected chi connectivity index (χ3v) is 5.44. The monoisotopic (exact) mass is 416 g/mol. The number of para-hydroxylation sites is 1. The predicted molar refractivity (Wildman–Crippen MR) is 120 cm³/mol. The van der Waals surface area contributed by atoms with Gasteiger partial charge in [-0.2, -0.15) is 0 Å². The van der Waals surface area contributed by atoms with E-state index in [9.17, 15) is 9.59 Å². The van der Waals surface area contributed by atoms with Crippen molar-refractivity contribution in [2.24, 2.45) is 0 Å². The molecule has 0 bridgehead atoms. The molecule has 1 heterocycles. The highest BCUT2D eigenvalue weighted by Crippen LogP contribution is 2.36. The van der Waals surface area contributed by atoms with Gasteiger partial charge in [-0.15, -0.1) is 0 Å². The number of hydrogen-bond acceptors (Lipinski definition) is 5. The van der Waals surface area contributed by atoms with E-state index < -0.39 is 5.97 Å². The Bertz CT molecular complexity index is 1170. The van der Waals surface area contributed by atoms with E-state index in [1.165, 1.54) is 7.05 Å². The van der Waals surface area contributed by atoms with E-state index in [1.54, 1.807) is 7.11 Å². The van der Waals surface area contributed by atoms with Crippen molar-refractivity contribution in [1.82, 2.24) is 10.3 Å². The lowest BCUT2D eigenvalue weighted by atomic mass is 9.86. The molecule has 1 aliphatic carbocycles. The third-order valence-electron chi connectivity index (χ3n) is 5.44. The van der Waals surface area contributed by atoms with Gasteiger partial charge in [0.25, 0.3) is 5.91 Å². The number of hydrogen-bond donors (Lipinski definition) is 1. The van der Waals surface area contributed by atoms with Crippen LogP contribution in [-0.2, 0) is 16.0 Å². The van der Waals surface area contributed by atoms with E-state index in [0.29, 0.717) is 5.56 Å². The molecule has 1 aromatic heterocycles. The van der Waals surface area contributed by atoms with Crippen molar-refractivity contribution in [3.05, 3.63) is 70.9 Å². The van der Waals surface area contributed by atoms with Gasteiger partial charge in [-0.1, -0.05) is 30.3 Å². The van der Waals surface area contributed by atoms with Gasteiger partial charge in [0.1, 0.15) is 5.75 Å². The Morgan fingerprint density at radius 1 is 1.10 bits per heavy atom. The van der Waals surface area contributed by atoms with Crippen LogP contribution in [-0.4, -0.2) is 37.6 Å². The van der Waals surface area contributed by atoms with Crippen LogP contribution < -0.4 is 10.1 Å². The molecular formula is C25H24N2O4. The SMILES string of the molecule is CNC(=O)COC(=O)c1c2c(nc3ccccc13)/C(=C/c1ccc(OC)cc1)CCC2. The molecule has 2 aromatic carbocycles. The van der Waals surface area contributed by atoms with E-state index in [1.807, 2.05) is 48.5 Å². The second kappa shape index (κ2) is 9.00. The van der Waals surface area contributed by atoms with Gasteiger partial charge >= 0.3 is 5.97 Å². The zero-order valence-corrected chi connectivity index (χ0v) is 17.6. The van der Waals surface area contributed by atoms with Gasteiger partial charge in [0, 0.05) is 12.4 Å². The topological polar surface area (TPSA) is 77.5 Å². The lowest BCUT2D eigenvalue weighted by molar-refractivity contribution is -0.123. The first-order chi connectivity index (χ1) is 15.1. The first kappa shape index (κ1) is 20.6. The normalized spacial score (nSPS) is 14.2. The number of fused-ring (bicyclic) bond motifs is 2. The van der Waals surface area contributed by atoms with Gasteiger partial charge in [-0.25, -0.2) is 9.78 Å². The number of carbonyl (C=O) groups excluding carboxylic acids is 2. The standard InChI is InChI=1S/C25H24N2O4/c1-26-22(28)15-31-25(29)23-19-7-3-4-9-21(19)27-24-17(6-5-8-20(23)24)14-16-10-12-18(30-2)13-11-16/h3-4,7,9-14H,5-6,8,15H2,1-2H3,(H,26,28)/b17-14+. The summed E-state index contributed by atoms with van der Waals surface area (Å²) in [6.07, 6.45) is 4.62. The van der Waals surface area contributed by atoms with Crippen LogP contribution >= 0.6 is 0 Å². The second-order valence-electron chi connectivity index (χ2n) is 7.38. The Balaban J connectivity index is 1.81. The maximum absolute atomic E-state index is 13.0. The lowest BCUT2D eigenvalue weighted by Crippen LogP contribution is -2.26. The van der Waals surface area contributed by atoms with Gasteiger partial charge in [0.05, 0.1) is 23.9 Å². The molecule has 0 atom stereocenters. The van der Waals surface area contributed by atoms with E-state index in [0.717, 1.165) is 58.3 Å². The first-order valence-electron chi connectivity index (χ1n) is 10.2. The van der Waals surface area contributed by atoms with Crippen LogP contribution in [0.25, 0.3) is 22.6 Å². The van der Waals surface area contributed by atoms with Crippen LogP contribution in [0.3, 0.4) is 0 Å². The van der Waals surface area contributed by atoms with Crippen molar-refractivity contribution < 1.29 is 19.1 Å². The lowest BCUT2D eigenvalue weighted by Gasteiger charge is -2.22. The molecule has 158 valence electrons. The van der Waals surface area contributed by atoms with Crippen LogP contribution in [0.1, 0.15) is 40.0 Å². The number of aromatic nitrogens is 1. The summed E-state index contributed by atoms with van der Waals surface area (Å²) in [6, 6.07) is 15.4. The summed E-state index contributed by atoms with van der Waals surface area (Å²) in [5.74, 6) is -0.0405. The number of nitrogens with one attached hydrogen (secondary N) is 1. The molecule has 3 aromatic rings. The summed E-state index contributed by atoms with van der Waals surface area (Å²) in [4.78, 5) is 29.5. The van der Waals surface area contributed by atoms with Crippen molar-refractivity contribution in [3.63, 3.8) is 0 Å². The van der Waals surface area contributed by atoms with Crippen molar-refractivity contribution in [3.8, 4) is 5.75 Å². The smallest absolute Gasteiger partial charge is 0.339 e. The summed E-state index contributed by atoms with van der Waals surface area (Å²) < 4.78 is 10.6. The summed E-state index contributed by atoms with van der Waals surface area (Å²) in [5.41, 5.74) is 5.07. The third kappa shape index (κ3) is 4.28. The molecule has 0 radical (unpaired) electrons. The molecule has 6 nitrogen and oxygen atoms in total. The van der Waals surface area contributed by atoms with Crippen molar-refractivity contribution in [2.75, 3.05) is 20.8 Å². The summed E-state index contributed by atoms with van der Waals surface area (Å²) >= 11 is 0. The number of benzene rings is 2. The summed E-state index contributed by atoms with van der Waals surface area (Å²) in [7, 11) is 3.15. The van der Waals surface area contributed by atoms with Crippen LogP contribution in [0.4, 0.5) is 0 Å². The zero-order chi connectivity index (χ0) is 21.8. The molecule has 0 spiro atoms. The number of rotatable bonds is 5. The molecule has 4 rings (SSSR count). The quantitative estimate of drug-likeness (QED) is 0.636. The van der Waals surface area contributed by atoms with Gasteiger partial charge < -0.3 is 14.8 Å². The van der Waals surface area contributed by atoms with Crippen LogP contribution in [0.5, 0.6) is 5.75 Å². The molecule has 1 N–H and O–H groups in total. The van der Waals surface area contributed by atoms with E-state index in [4.69, 9.17) is 14.5 Å². The fourth-order valence-electron chi connectivity index (χ4n) is 3.88. The number of ether oxygens (including phenoxy) is 2. The fourth-order valence-corrected chi connectivity index (χ4v) is 3.88. The van der Waals surface area contributed by atoms with Crippen molar-refractivity contribution in [1.29, 1.82) is 0 Å². The Labute approximate surface area is 180 Å². The molecule has 0 fully saturated rings. The maximum Gasteiger partial charge on any atom is 0.339 e. The van der Waals surface area contributed by atoms with Crippen LogP contribution in [0.15, 0.2) is 48.5 Å². The average Bonchev–Trinajstić information content (AvgIpc) is 2.81. The zero-order valence-electron chi connectivity index (χ0n) is 17.6. The fraction of sp³-hybridized carbons (Fsp3) is 0.240. The highest BCUT2D eigenvalue weighted by molar-refractivity contribution is 6.07. The van der Waals surface area contributed by atoms with Crippen LogP contribution in [0, 0.1) is 0 Å². The Kier molecular flexibility index (Phi) is 5.98. The number of carbonyl (C=O) groups is 2. The number of likely N-dealkylation sites (N-methyl/N-ethyl adjacent to an activating group) is 1. The van der Waals surface area contributed by atoms with Gasteiger partial charge in [-0.05, 0) is 60.2 Å². The van der Waals surface area contributed by atoms with Gasteiger partial charge in [0.2, 0.25) is 0 Å². The van der Waals surface area contributed by atoms with Gasteiger partial charge in [0.15, 0.2) is 6.61 Å². The molecular weight excluding hydrogens is 392 g/mol. The molecule has 1 amide bonds. The second-order valence-corrected chi connectivity index (χ2v) is 7.38. The van der Waals surface area contributed by atoms with E-state index >= 15 is 0 Å². The number of methoxy groups -OCH3 is 1. The molecule has 1 aliphatic rings. The molecule has 31 heavy (non-hydrogen) atoms. The molecule has 0 unspecified atom stereocenters. The van der Waals surface area contributed by atoms with Crippen LogP contribution in [0.2, 0.25) is 0 Å². The summed E-state index contributed by atoms with van der Waals surface area (Å²) in [5, 5.41) is 3.21. The number of allylic oxidation sites excluding steroid dienone is 1. The predicted octanol–water partition coefficient (Wildman–Crippen LogP) is 4.02.